The van der Waals surface area contributed by atoms with E-state index in [0.717, 1.165) is 19.3 Å². The zero-order chi connectivity index (χ0) is 6.95. The Kier molecular flexibility index (Phi) is 6.84. The molecule has 0 unspecified atom stereocenters. The lowest BCUT2D eigenvalue weighted by atomic mass is 10.3. The standard InChI is InChI=1S/C5H11NO3/c1-2-3-4-5-8-9-6-7/h2-5H2,1H3. The van der Waals surface area contributed by atoms with E-state index < -0.39 is 0 Å². The number of unbranched alkanes of at least 4 members (excludes halogenated alkanes) is 2. The molecule has 0 heterocycles. The monoisotopic (exact) mass is 133 g/mol. The van der Waals surface area contributed by atoms with Gasteiger partial charge < -0.3 is 0 Å². The summed E-state index contributed by atoms with van der Waals surface area (Å²) in [6.45, 7) is 2.53. The highest BCUT2D eigenvalue weighted by Crippen LogP contribution is 1.93. The van der Waals surface area contributed by atoms with E-state index in [1.807, 2.05) is 0 Å². The van der Waals surface area contributed by atoms with E-state index in [4.69, 9.17) is 0 Å². The minimum Gasteiger partial charge on any atom is -0.181 e. The fourth-order valence-electron chi connectivity index (χ4n) is 0.470. The van der Waals surface area contributed by atoms with Crippen LogP contribution in [0.2, 0.25) is 0 Å². The van der Waals surface area contributed by atoms with Crippen molar-refractivity contribution in [2.24, 2.45) is 5.34 Å². The molecular weight excluding hydrogens is 122 g/mol. The van der Waals surface area contributed by atoms with E-state index in [2.05, 4.69) is 22.1 Å². The lowest BCUT2D eigenvalue weighted by molar-refractivity contribution is -0.297. The van der Waals surface area contributed by atoms with Gasteiger partial charge in [-0.15, -0.1) is 4.91 Å². The van der Waals surface area contributed by atoms with Gasteiger partial charge in [0.15, 0.2) is 5.34 Å². The maximum absolute atomic E-state index is 9.24. The molecule has 4 heteroatoms. The summed E-state index contributed by atoms with van der Waals surface area (Å²) >= 11 is 0. The fourth-order valence-corrected chi connectivity index (χ4v) is 0.470. The fraction of sp³-hybridized carbons (Fsp3) is 1.00. The number of nitrogens with zero attached hydrogens (tertiary/aromatic N) is 1. The molecule has 0 atom stereocenters. The molecular formula is C5H11NO3. The molecule has 0 rings (SSSR count). The predicted molar refractivity (Wildman–Crippen MR) is 32.4 cm³/mol. The van der Waals surface area contributed by atoms with Crippen LogP contribution in [0, 0.1) is 4.91 Å². The molecule has 0 N–H and O–H groups in total. The largest absolute Gasteiger partial charge is 0.190 e. The Morgan fingerprint density at radius 1 is 1.44 bits per heavy atom. The van der Waals surface area contributed by atoms with E-state index >= 15 is 0 Å². The van der Waals surface area contributed by atoms with Crippen molar-refractivity contribution in [2.45, 2.75) is 26.2 Å². The van der Waals surface area contributed by atoms with Crippen LogP contribution >= 0.6 is 0 Å². The molecule has 0 bridgehead atoms. The summed E-state index contributed by atoms with van der Waals surface area (Å²) in [5.41, 5.74) is 0. The Bertz CT molecular complexity index is 67.2. The van der Waals surface area contributed by atoms with Crippen LogP contribution in [-0.2, 0) is 9.88 Å². The van der Waals surface area contributed by atoms with Gasteiger partial charge in [-0.05, 0) is 6.42 Å². The first-order valence-corrected chi connectivity index (χ1v) is 3.03. The molecule has 0 aliphatic carbocycles. The third kappa shape index (κ3) is 7.36. The van der Waals surface area contributed by atoms with E-state index in [0.29, 0.717) is 6.61 Å². The number of rotatable bonds is 6. The Balaban J connectivity index is 2.66. The number of hydrogen-bond donors (Lipinski definition) is 0. The van der Waals surface area contributed by atoms with E-state index in [9.17, 15) is 4.91 Å². The second kappa shape index (κ2) is 7.36. The second-order valence-electron chi connectivity index (χ2n) is 1.68. The smallest absolute Gasteiger partial charge is 0.181 e. The minimum absolute atomic E-state index is 0.444. The quantitative estimate of drug-likeness (QED) is 0.240. The summed E-state index contributed by atoms with van der Waals surface area (Å²) in [5, 5.41) is 2.06. The third-order valence-electron chi connectivity index (χ3n) is 0.914. The van der Waals surface area contributed by atoms with Gasteiger partial charge in [-0.1, -0.05) is 19.8 Å². The Morgan fingerprint density at radius 3 is 2.78 bits per heavy atom. The topological polar surface area (TPSA) is 47.9 Å². The summed E-state index contributed by atoms with van der Waals surface area (Å²) < 4.78 is 0. The lowest BCUT2D eigenvalue weighted by Crippen LogP contribution is -1.90. The SMILES string of the molecule is CCCCCOON=O. The van der Waals surface area contributed by atoms with Crippen LogP contribution < -0.4 is 0 Å². The van der Waals surface area contributed by atoms with Crippen molar-refractivity contribution < 1.29 is 9.88 Å². The normalized spacial score (nSPS) is 9.00. The highest BCUT2D eigenvalue weighted by molar-refractivity contribution is 4.32. The minimum atomic E-state index is 0.444. The lowest BCUT2D eigenvalue weighted by Gasteiger charge is -1.93. The van der Waals surface area contributed by atoms with Crippen LogP contribution in [0.5, 0.6) is 0 Å². The van der Waals surface area contributed by atoms with Crippen LogP contribution in [0.15, 0.2) is 5.34 Å². The van der Waals surface area contributed by atoms with E-state index in [1.165, 1.54) is 0 Å². The van der Waals surface area contributed by atoms with Gasteiger partial charge in [0.1, 0.15) is 0 Å². The summed E-state index contributed by atoms with van der Waals surface area (Å²) in [5.74, 6) is 0. The molecule has 0 amide bonds. The van der Waals surface area contributed by atoms with Crippen LogP contribution in [0.4, 0.5) is 0 Å². The molecule has 0 aliphatic heterocycles. The molecule has 0 aliphatic rings. The first-order valence-electron chi connectivity index (χ1n) is 3.03. The van der Waals surface area contributed by atoms with Gasteiger partial charge in [-0.25, -0.2) is 0 Å². The van der Waals surface area contributed by atoms with Crippen molar-refractivity contribution in [1.29, 1.82) is 0 Å². The predicted octanol–water partition coefficient (Wildman–Crippen LogP) is 1.81. The van der Waals surface area contributed by atoms with Crippen molar-refractivity contribution in [3.8, 4) is 0 Å². The average molecular weight is 133 g/mol. The van der Waals surface area contributed by atoms with Crippen LogP contribution in [0.1, 0.15) is 26.2 Å². The molecule has 0 aromatic carbocycles. The van der Waals surface area contributed by atoms with Gasteiger partial charge in [-0.2, -0.15) is 9.88 Å². The highest BCUT2D eigenvalue weighted by atomic mass is 17.3. The van der Waals surface area contributed by atoms with Crippen molar-refractivity contribution in [2.75, 3.05) is 6.61 Å². The molecule has 0 saturated heterocycles. The van der Waals surface area contributed by atoms with Crippen LogP contribution in [0.25, 0.3) is 0 Å². The molecule has 4 nitrogen and oxygen atoms in total. The van der Waals surface area contributed by atoms with Crippen molar-refractivity contribution in [1.82, 2.24) is 0 Å². The van der Waals surface area contributed by atoms with Gasteiger partial charge in [0.25, 0.3) is 0 Å². The first kappa shape index (κ1) is 8.36. The molecule has 0 aromatic heterocycles. The Hall–Kier alpha value is -0.640. The zero-order valence-corrected chi connectivity index (χ0v) is 5.50. The molecule has 9 heavy (non-hydrogen) atoms. The first-order chi connectivity index (χ1) is 4.41. The van der Waals surface area contributed by atoms with Gasteiger partial charge in [0.05, 0.1) is 6.61 Å². The van der Waals surface area contributed by atoms with Gasteiger partial charge in [0.2, 0.25) is 0 Å². The highest BCUT2D eigenvalue weighted by Gasteiger charge is 1.86. The molecule has 0 radical (unpaired) electrons. The summed E-state index contributed by atoms with van der Waals surface area (Å²) in [6, 6.07) is 0. The van der Waals surface area contributed by atoms with E-state index in [1.54, 1.807) is 0 Å². The molecule has 0 saturated carbocycles. The molecule has 0 aromatic rings. The Morgan fingerprint density at radius 2 is 2.22 bits per heavy atom. The molecule has 0 fully saturated rings. The third-order valence-corrected chi connectivity index (χ3v) is 0.914. The summed E-state index contributed by atoms with van der Waals surface area (Å²) in [7, 11) is 0. The van der Waals surface area contributed by atoms with Crippen molar-refractivity contribution in [3.05, 3.63) is 4.91 Å². The summed E-state index contributed by atoms with van der Waals surface area (Å²) in [6.07, 6.45) is 3.12. The van der Waals surface area contributed by atoms with Gasteiger partial charge >= 0.3 is 0 Å². The van der Waals surface area contributed by atoms with Crippen molar-refractivity contribution >= 4 is 0 Å². The van der Waals surface area contributed by atoms with Gasteiger partial charge in [0, 0.05) is 0 Å². The number of hydrogen-bond acceptors (Lipinski definition) is 4. The maximum Gasteiger partial charge on any atom is 0.190 e. The van der Waals surface area contributed by atoms with Gasteiger partial charge in [-0.3, -0.25) is 0 Å². The second-order valence-corrected chi connectivity index (χ2v) is 1.68. The van der Waals surface area contributed by atoms with Crippen LogP contribution in [-0.4, -0.2) is 6.61 Å². The zero-order valence-electron chi connectivity index (χ0n) is 5.50. The average Bonchev–Trinajstić information content (AvgIpc) is 1.89. The summed E-state index contributed by atoms with van der Waals surface area (Å²) in [4.78, 5) is 17.3. The van der Waals surface area contributed by atoms with Crippen molar-refractivity contribution in [3.63, 3.8) is 0 Å². The van der Waals surface area contributed by atoms with E-state index in [-0.39, 0.29) is 0 Å². The Labute approximate surface area is 54.0 Å². The maximum atomic E-state index is 9.24. The van der Waals surface area contributed by atoms with Crippen LogP contribution in [0.3, 0.4) is 0 Å². The molecule has 54 valence electrons. The molecule has 0 spiro atoms.